The number of hydrogen-bond donors (Lipinski definition) is 1. The number of rotatable bonds is 6. The van der Waals surface area contributed by atoms with Gasteiger partial charge >= 0.3 is 6.18 Å². The molecule has 3 nitrogen and oxygen atoms in total. The molecule has 0 amide bonds. The lowest BCUT2D eigenvalue weighted by molar-refractivity contribution is -0.137. The SMILES string of the molecule is CCC(CNCC(C)C)n1cc(C(F)(F)F)cn1. The van der Waals surface area contributed by atoms with Crippen LogP contribution in [0.3, 0.4) is 0 Å². The third-order valence-electron chi connectivity index (χ3n) is 2.71. The van der Waals surface area contributed by atoms with Crippen molar-refractivity contribution in [1.29, 1.82) is 0 Å². The smallest absolute Gasteiger partial charge is 0.314 e. The van der Waals surface area contributed by atoms with Gasteiger partial charge in [0, 0.05) is 12.7 Å². The lowest BCUT2D eigenvalue weighted by atomic mass is 10.2. The molecule has 6 heteroatoms. The Labute approximate surface area is 105 Å². The average molecular weight is 263 g/mol. The molecule has 0 aliphatic carbocycles. The largest absolute Gasteiger partial charge is 0.419 e. The summed E-state index contributed by atoms with van der Waals surface area (Å²) in [6.45, 7) is 7.60. The quantitative estimate of drug-likeness (QED) is 0.854. The van der Waals surface area contributed by atoms with Gasteiger partial charge in [0.2, 0.25) is 0 Å². The molecule has 0 radical (unpaired) electrons. The molecule has 0 aliphatic rings. The zero-order chi connectivity index (χ0) is 13.8. The topological polar surface area (TPSA) is 29.9 Å². The summed E-state index contributed by atoms with van der Waals surface area (Å²) in [6.07, 6.45) is -1.62. The summed E-state index contributed by atoms with van der Waals surface area (Å²) in [6, 6.07) is -0.0418. The van der Waals surface area contributed by atoms with E-state index in [1.54, 1.807) is 0 Å². The highest BCUT2D eigenvalue weighted by atomic mass is 19.4. The van der Waals surface area contributed by atoms with Crippen LogP contribution in [0.15, 0.2) is 12.4 Å². The van der Waals surface area contributed by atoms with Crippen LogP contribution in [0.1, 0.15) is 38.8 Å². The minimum Gasteiger partial charge on any atom is -0.314 e. The van der Waals surface area contributed by atoms with Gasteiger partial charge in [0.05, 0.1) is 17.8 Å². The van der Waals surface area contributed by atoms with Crippen LogP contribution in [0.25, 0.3) is 0 Å². The molecule has 1 aromatic rings. The number of alkyl halides is 3. The van der Waals surface area contributed by atoms with E-state index in [-0.39, 0.29) is 6.04 Å². The Morgan fingerprint density at radius 3 is 2.44 bits per heavy atom. The highest BCUT2D eigenvalue weighted by molar-refractivity contribution is 5.08. The second kappa shape index (κ2) is 6.22. The van der Waals surface area contributed by atoms with Crippen LogP contribution in [0.2, 0.25) is 0 Å². The van der Waals surface area contributed by atoms with Gasteiger partial charge in [-0.3, -0.25) is 4.68 Å². The van der Waals surface area contributed by atoms with Crippen LogP contribution in [0.5, 0.6) is 0 Å². The van der Waals surface area contributed by atoms with Crippen LogP contribution in [0, 0.1) is 5.92 Å². The van der Waals surface area contributed by atoms with Crippen molar-refractivity contribution in [3.63, 3.8) is 0 Å². The van der Waals surface area contributed by atoms with Crippen molar-refractivity contribution >= 4 is 0 Å². The van der Waals surface area contributed by atoms with Gasteiger partial charge < -0.3 is 5.32 Å². The van der Waals surface area contributed by atoms with E-state index in [9.17, 15) is 13.2 Å². The minimum atomic E-state index is -4.32. The Balaban J connectivity index is 2.62. The third kappa shape index (κ3) is 4.33. The monoisotopic (exact) mass is 263 g/mol. The van der Waals surface area contributed by atoms with Crippen LogP contribution >= 0.6 is 0 Å². The van der Waals surface area contributed by atoms with E-state index in [2.05, 4.69) is 24.3 Å². The van der Waals surface area contributed by atoms with Gasteiger partial charge in [0.15, 0.2) is 0 Å². The van der Waals surface area contributed by atoms with Gasteiger partial charge in [-0.05, 0) is 18.9 Å². The maximum Gasteiger partial charge on any atom is 0.419 e. The molecule has 0 aromatic carbocycles. The van der Waals surface area contributed by atoms with Gasteiger partial charge in [-0.15, -0.1) is 0 Å². The molecule has 0 bridgehead atoms. The molecule has 104 valence electrons. The zero-order valence-corrected chi connectivity index (χ0v) is 11.0. The van der Waals surface area contributed by atoms with E-state index in [1.165, 1.54) is 4.68 Å². The molecule has 1 aromatic heterocycles. The van der Waals surface area contributed by atoms with E-state index in [1.807, 2.05) is 6.92 Å². The van der Waals surface area contributed by atoms with Crippen molar-refractivity contribution in [1.82, 2.24) is 15.1 Å². The molecule has 1 unspecified atom stereocenters. The molecule has 1 heterocycles. The number of aromatic nitrogens is 2. The van der Waals surface area contributed by atoms with Crippen molar-refractivity contribution in [2.24, 2.45) is 5.92 Å². The summed E-state index contributed by atoms with van der Waals surface area (Å²) >= 11 is 0. The Morgan fingerprint density at radius 2 is 2.00 bits per heavy atom. The predicted octanol–water partition coefficient (Wildman–Crippen LogP) is 3.10. The number of hydrogen-bond acceptors (Lipinski definition) is 2. The van der Waals surface area contributed by atoms with Crippen molar-refractivity contribution in [3.8, 4) is 0 Å². The first-order valence-electron chi connectivity index (χ1n) is 6.16. The molecule has 18 heavy (non-hydrogen) atoms. The molecule has 0 aliphatic heterocycles. The van der Waals surface area contributed by atoms with Crippen molar-refractivity contribution in [2.45, 2.75) is 39.4 Å². The third-order valence-corrected chi connectivity index (χ3v) is 2.71. The summed E-state index contributed by atoms with van der Waals surface area (Å²) in [4.78, 5) is 0. The minimum absolute atomic E-state index is 0.0418. The Bertz CT molecular complexity index is 358. The van der Waals surface area contributed by atoms with Gasteiger partial charge in [-0.1, -0.05) is 20.8 Å². The van der Waals surface area contributed by atoms with E-state index in [0.29, 0.717) is 12.5 Å². The second-order valence-corrected chi connectivity index (χ2v) is 4.82. The molecule has 1 N–H and O–H groups in total. The first-order chi connectivity index (χ1) is 8.34. The lowest BCUT2D eigenvalue weighted by Crippen LogP contribution is -2.28. The van der Waals surface area contributed by atoms with E-state index >= 15 is 0 Å². The molecule has 1 rings (SSSR count). The lowest BCUT2D eigenvalue weighted by Gasteiger charge is -2.17. The average Bonchev–Trinajstić information content (AvgIpc) is 2.72. The van der Waals surface area contributed by atoms with Gasteiger partial charge in [0.1, 0.15) is 0 Å². The Morgan fingerprint density at radius 1 is 1.33 bits per heavy atom. The predicted molar refractivity (Wildman–Crippen MR) is 64.3 cm³/mol. The first kappa shape index (κ1) is 15.0. The number of halogens is 3. The molecule has 1 atom stereocenters. The van der Waals surface area contributed by atoms with Crippen LogP contribution in [-0.2, 0) is 6.18 Å². The van der Waals surface area contributed by atoms with E-state index in [4.69, 9.17) is 0 Å². The summed E-state index contributed by atoms with van der Waals surface area (Å²) in [5.74, 6) is 0.519. The number of nitrogens with one attached hydrogen (secondary N) is 1. The summed E-state index contributed by atoms with van der Waals surface area (Å²) in [5.41, 5.74) is -0.690. The van der Waals surface area contributed by atoms with Crippen molar-refractivity contribution in [3.05, 3.63) is 18.0 Å². The fourth-order valence-corrected chi connectivity index (χ4v) is 1.65. The van der Waals surface area contributed by atoms with Crippen LogP contribution < -0.4 is 5.32 Å². The molecule has 0 spiro atoms. The molecular weight excluding hydrogens is 243 g/mol. The Kier molecular flexibility index (Phi) is 5.19. The maximum atomic E-state index is 12.5. The fraction of sp³-hybridized carbons (Fsp3) is 0.750. The van der Waals surface area contributed by atoms with Crippen molar-refractivity contribution in [2.75, 3.05) is 13.1 Å². The van der Waals surface area contributed by atoms with Crippen LogP contribution in [-0.4, -0.2) is 22.9 Å². The second-order valence-electron chi connectivity index (χ2n) is 4.82. The summed E-state index contributed by atoms with van der Waals surface area (Å²) < 4.78 is 38.8. The van der Waals surface area contributed by atoms with Gasteiger partial charge in [0.25, 0.3) is 0 Å². The highest BCUT2D eigenvalue weighted by Gasteiger charge is 2.32. The zero-order valence-electron chi connectivity index (χ0n) is 11.0. The summed E-state index contributed by atoms with van der Waals surface area (Å²) in [7, 11) is 0. The highest BCUT2D eigenvalue weighted by Crippen LogP contribution is 2.29. The van der Waals surface area contributed by atoms with E-state index in [0.717, 1.165) is 25.4 Å². The van der Waals surface area contributed by atoms with Gasteiger partial charge in [-0.25, -0.2) is 0 Å². The molecule has 0 fully saturated rings. The van der Waals surface area contributed by atoms with Gasteiger partial charge in [-0.2, -0.15) is 18.3 Å². The standard InChI is InChI=1S/C12H20F3N3/c1-4-11(7-16-5-9(2)3)18-8-10(6-17-18)12(13,14)15/h6,8-9,11,16H,4-5,7H2,1-3H3. The maximum absolute atomic E-state index is 12.5. The molecule has 0 saturated heterocycles. The summed E-state index contributed by atoms with van der Waals surface area (Å²) in [5, 5.41) is 7.05. The normalized spacial score (nSPS) is 14.2. The Hall–Kier alpha value is -1.04. The molecule has 0 saturated carbocycles. The van der Waals surface area contributed by atoms with Crippen molar-refractivity contribution < 1.29 is 13.2 Å². The van der Waals surface area contributed by atoms with E-state index < -0.39 is 11.7 Å². The first-order valence-corrected chi connectivity index (χ1v) is 6.16. The fourth-order valence-electron chi connectivity index (χ4n) is 1.65. The van der Waals surface area contributed by atoms with Crippen LogP contribution in [0.4, 0.5) is 13.2 Å². The number of nitrogens with zero attached hydrogens (tertiary/aromatic N) is 2. The molecular formula is C12H20F3N3.